The topological polar surface area (TPSA) is 193 Å². The van der Waals surface area contributed by atoms with Crippen molar-refractivity contribution in [1.82, 2.24) is 20.0 Å². The third-order valence-corrected chi connectivity index (χ3v) is 8.00. The van der Waals surface area contributed by atoms with Gasteiger partial charge in [-0.1, -0.05) is 24.1 Å². The molecule has 2 aromatic rings. The Morgan fingerprint density at radius 2 is 1.89 bits per heavy atom. The van der Waals surface area contributed by atoms with E-state index in [-0.39, 0.29) is 5.75 Å². The van der Waals surface area contributed by atoms with Gasteiger partial charge in [0.15, 0.2) is 24.0 Å². The lowest BCUT2D eigenvalue weighted by Crippen LogP contribution is -2.47. The molecule has 1 saturated heterocycles. The van der Waals surface area contributed by atoms with Gasteiger partial charge in [0.2, 0.25) is 5.91 Å². The summed E-state index contributed by atoms with van der Waals surface area (Å²) in [4.78, 5) is 63.3. The number of H-pyrrole nitrogens is 1. The maximum Gasteiger partial charge on any atom is 0.460 e. The highest BCUT2D eigenvalue weighted by Gasteiger charge is 2.58. The molecule has 250 valence electrons. The molecule has 1 aromatic heterocycles. The third kappa shape index (κ3) is 9.54. The second kappa shape index (κ2) is 15.6. The van der Waals surface area contributed by atoms with E-state index in [1.54, 1.807) is 32.0 Å². The van der Waals surface area contributed by atoms with Crippen molar-refractivity contribution in [3.8, 4) is 18.1 Å². The monoisotopic (exact) mass is 684 g/mol. The summed E-state index contributed by atoms with van der Waals surface area (Å²) >= 11 is 3.97. The molecular formula is C28H34FN4O11PS. The minimum absolute atomic E-state index is 0.0313. The first-order chi connectivity index (χ1) is 21.6. The van der Waals surface area contributed by atoms with E-state index >= 15 is 4.39 Å². The van der Waals surface area contributed by atoms with Crippen LogP contribution in [0.4, 0.5) is 4.39 Å². The molecule has 1 fully saturated rings. The second-order valence-electron chi connectivity index (χ2n) is 10.4. The van der Waals surface area contributed by atoms with Crippen molar-refractivity contribution in [3.05, 3.63) is 63.4 Å². The van der Waals surface area contributed by atoms with Crippen LogP contribution in [-0.4, -0.2) is 75.8 Å². The molecular weight excluding hydrogens is 650 g/mol. The van der Waals surface area contributed by atoms with E-state index in [9.17, 15) is 28.5 Å². The summed E-state index contributed by atoms with van der Waals surface area (Å²) < 4.78 is 58.6. The van der Waals surface area contributed by atoms with Crippen LogP contribution >= 0.6 is 20.4 Å². The van der Waals surface area contributed by atoms with E-state index < -0.39 is 91.5 Å². The Morgan fingerprint density at radius 3 is 2.48 bits per heavy atom. The van der Waals surface area contributed by atoms with Crippen LogP contribution in [0.15, 0.2) is 52.2 Å². The lowest BCUT2D eigenvalue weighted by Gasteiger charge is -2.28. The molecule has 46 heavy (non-hydrogen) atoms. The van der Waals surface area contributed by atoms with Crippen LogP contribution in [0.3, 0.4) is 0 Å². The Kier molecular flexibility index (Phi) is 12.4. The number of nitrogens with one attached hydrogen (secondary N) is 3. The second-order valence-corrected chi connectivity index (χ2v) is 12.9. The fraction of sp³-hybridized carbons (Fsp3) is 0.464. The number of carbonyl (C=O) groups excluding carboxylic acids is 3. The summed E-state index contributed by atoms with van der Waals surface area (Å²) in [5, 5.41) is 3.84. The van der Waals surface area contributed by atoms with Gasteiger partial charge in [0.05, 0.1) is 18.0 Å². The lowest BCUT2D eigenvalue weighted by molar-refractivity contribution is -0.157. The highest BCUT2D eigenvalue weighted by molar-refractivity contribution is 7.81. The molecule has 0 saturated carbocycles. The zero-order valence-electron chi connectivity index (χ0n) is 25.2. The molecule has 0 radical (unpaired) electrons. The highest BCUT2D eigenvalue weighted by Crippen LogP contribution is 2.48. The molecule has 7 atom stereocenters. The molecule has 0 unspecified atom stereocenters. The number of terminal acetylenes is 1. The van der Waals surface area contributed by atoms with Gasteiger partial charge < -0.3 is 24.1 Å². The van der Waals surface area contributed by atoms with E-state index in [4.69, 9.17) is 29.7 Å². The van der Waals surface area contributed by atoms with Gasteiger partial charge in [-0.05, 0) is 39.8 Å². The number of aromatic nitrogens is 2. The van der Waals surface area contributed by atoms with E-state index in [1.165, 1.54) is 19.1 Å². The number of nitrogens with zero attached hydrogens (tertiary/aromatic N) is 1. The van der Waals surface area contributed by atoms with Gasteiger partial charge in [0, 0.05) is 12.3 Å². The van der Waals surface area contributed by atoms with Gasteiger partial charge in [-0.15, -0.1) is 6.42 Å². The third-order valence-electron chi connectivity index (χ3n) is 6.25. The number of benzene rings is 1. The predicted octanol–water partition coefficient (Wildman–Crippen LogP) is 1.26. The van der Waals surface area contributed by atoms with Crippen molar-refractivity contribution in [2.75, 3.05) is 13.2 Å². The van der Waals surface area contributed by atoms with Gasteiger partial charge in [-0.3, -0.25) is 28.5 Å². The van der Waals surface area contributed by atoms with Gasteiger partial charge >= 0.3 is 25.4 Å². The molecule has 1 amide bonds. The zero-order chi connectivity index (χ0) is 34.2. The summed E-state index contributed by atoms with van der Waals surface area (Å²) in [6, 6.07) is 6.98. The summed E-state index contributed by atoms with van der Waals surface area (Å²) in [6.07, 6.45) is 0.678. The van der Waals surface area contributed by atoms with Gasteiger partial charge in [0.1, 0.15) is 18.4 Å². The van der Waals surface area contributed by atoms with Crippen molar-refractivity contribution in [2.24, 2.45) is 0 Å². The van der Waals surface area contributed by atoms with Crippen LogP contribution in [0.2, 0.25) is 0 Å². The minimum Gasteiger partial charge on any atom is -0.461 e. The van der Waals surface area contributed by atoms with Crippen molar-refractivity contribution in [2.45, 2.75) is 69.2 Å². The van der Waals surface area contributed by atoms with Crippen LogP contribution in [0.1, 0.15) is 33.9 Å². The van der Waals surface area contributed by atoms with Crippen LogP contribution in [0.25, 0.3) is 0 Å². The van der Waals surface area contributed by atoms with Crippen molar-refractivity contribution in [1.29, 1.82) is 0 Å². The molecule has 3 N–H and O–H groups in total. The van der Waals surface area contributed by atoms with E-state index in [0.717, 1.165) is 23.8 Å². The number of para-hydroxylation sites is 1. The Bertz CT molecular complexity index is 1610. The first-order valence-corrected chi connectivity index (χ1v) is 15.9. The Balaban J connectivity index is 1.94. The summed E-state index contributed by atoms with van der Waals surface area (Å²) in [6.45, 7) is 4.08. The predicted molar refractivity (Wildman–Crippen MR) is 164 cm³/mol. The molecule has 1 aromatic carbocycles. The van der Waals surface area contributed by atoms with Crippen LogP contribution in [0, 0.1) is 12.3 Å². The Labute approximate surface area is 268 Å². The number of hydrogen-bond acceptors (Lipinski definition) is 12. The van der Waals surface area contributed by atoms with E-state index in [2.05, 4.69) is 29.0 Å². The quantitative estimate of drug-likeness (QED) is 0.0965. The van der Waals surface area contributed by atoms with E-state index in [0.29, 0.717) is 0 Å². The lowest BCUT2D eigenvalue weighted by atomic mass is 9.98. The fourth-order valence-corrected chi connectivity index (χ4v) is 5.64. The number of carbonyl (C=O) groups is 3. The number of esters is 2. The summed E-state index contributed by atoms with van der Waals surface area (Å²) in [5.41, 5.74) is -4.48. The first kappa shape index (κ1) is 36.5. The van der Waals surface area contributed by atoms with E-state index in [1.807, 2.05) is 4.98 Å². The number of rotatable bonds is 14. The van der Waals surface area contributed by atoms with Crippen molar-refractivity contribution in [3.63, 3.8) is 0 Å². The van der Waals surface area contributed by atoms with Gasteiger partial charge in [-0.25, -0.2) is 18.5 Å². The maximum atomic E-state index is 16.5. The first-order valence-electron chi connectivity index (χ1n) is 13.8. The van der Waals surface area contributed by atoms with Crippen molar-refractivity contribution >= 4 is 38.2 Å². The average Bonchev–Trinajstić information content (AvgIpc) is 3.22. The SMILES string of the molecule is C#C[C@H](N[P@](=O)(OC[C@H]1O[C@@H](n2ccc(=O)[nH]c2=O)[C@](C)(F)[C@@H]1OC(=O)CNC(=O)[C@H](C)S)Oc1ccccc1)C(=O)OC(C)C. The number of ether oxygens (including phenoxy) is 3. The number of halogens is 1. The van der Waals surface area contributed by atoms with Crippen LogP contribution < -0.4 is 26.2 Å². The molecule has 3 rings (SSSR count). The Hall–Kier alpha value is -3.94. The van der Waals surface area contributed by atoms with Gasteiger partial charge in [0.25, 0.3) is 5.56 Å². The fourth-order valence-electron chi connectivity index (χ4n) is 4.13. The largest absolute Gasteiger partial charge is 0.461 e. The molecule has 1 aliphatic heterocycles. The molecule has 0 bridgehead atoms. The molecule has 0 spiro atoms. The molecule has 2 heterocycles. The average molecular weight is 685 g/mol. The number of amides is 1. The minimum atomic E-state index is -4.63. The smallest absolute Gasteiger partial charge is 0.460 e. The molecule has 0 aliphatic carbocycles. The number of alkyl halides is 1. The van der Waals surface area contributed by atoms with Gasteiger partial charge in [-0.2, -0.15) is 17.7 Å². The molecule has 15 nitrogen and oxygen atoms in total. The van der Waals surface area contributed by atoms with Crippen molar-refractivity contribution < 1.29 is 46.6 Å². The standard InChI is InChI=1S/C28H34FN4O11PS/c1-6-19(25(37)41-16(2)3)32-45(39,44-18-10-8-7-9-11-18)40-15-20-23(43-22(35)14-30-24(36)17(4)46)28(5,29)26(42-20)33-13-12-21(34)31-27(33)38/h1,7-13,16-17,19-20,23,26,46H,14-15H2,2-5H3,(H,30,36)(H,32,39)(H,31,34,38)/t17-,19-,20+,23+,26+,28+,45-/m0/s1. The number of thiol groups is 1. The number of aromatic amines is 1. The van der Waals surface area contributed by atoms with Crippen LogP contribution in [0.5, 0.6) is 5.75 Å². The summed E-state index contributed by atoms with van der Waals surface area (Å²) in [7, 11) is -4.63. The molecule has 18 heteroatoms. The molecule has 1 aliphatic rings. The number of hydrogen-bond donors (Lipinski definition) is 4. The normalized spacial score (nSPS) is 23.4. The maximum absolute atomic E-state index is 16.5. The zero-order valence-corrected chi connectivity index (χ0v) is 27.0. The Morgan fingerprint density at radius 1 is 1.22 bits per heavy atom. The van der Waals surface area contributed by atoms with Crippen LogP contribution in [-0.2, 0) is 37.7 Å². The summed E-state index contributed by atoms with van der Waals surface area (Å²) in [5.74, 6) is -0.520. The highest BCUT2D eigenvalue weighted by atomic mass is 32.1.